The minimum absolute atomic E-state index is 0.105. The van der Waals surface area contributed by atoms with E-state index in [1.54, 1.807) is 24.3 Å². The molecule has 1 rings (SSSR count). The first-order chi connectivity index (χ1) is 8.19. The molecule has 6 heteroatoms. The molecule has 0 aliphatic rings. The topological polar surface area (TPSA) is 64.6 Å². The quantitative estimate of drug-likeness (QED) is 0.664. The molecule has 0 aliphatic heterocycles. The molecule has 0 aliphatic carbocycles. The second-order valence-electron chi connectivity index (χ2n) is 2.99. The average Bonchev–Trinajstić information content (AvgIpc) is 2.36. The van der Waals surface area contributed by atoms with E-state index in [0.29, 0.717) is 5.69 Å². The van der Waals surface area contributed by atoms with E-state index in [9.17, 15) is 9.59 Å². The Morgan fingerprint density at radius 2 is 2.06 bits per heavy atom. The van der Waals surface area contributed by atoms with Crippen LogP contribution >= 0.6 is 11.6 Å². The predicted octanol–water partition coefficient (Wildman–Crippen LogP) is 2.26. The van der Waals surface area contributed by atoms with Gasteiger partial charge < -0.3 is 9.47 Å². The van der Waals surface area contributed by atoms with Crippen LogP contribution in [0.25, 0.3) is 0 Å². The zero-order valence-electron chi connectivity index (χ0n) is 9.23. The summed E-state index contributed by atoms with van der Waals surface area (Å²) in [5.74, 6) is -0.315. The highest BCUT2D eigenvalue weighted by Crippen LogP contribution is 2.16. The number of anilines is 1. The first kappa shape index (κ1) is 13.3. The highest BCUT2D eigenvalue weighted by molar-refractivity contribution is 6.18. The van der Waals surface area contributed by atoms with Gasteiger partial charge in [0, 0.05) is 0 Å². The average molecular weight is 258 g/mol. The summed E-state index contributed by atoms with van der Waals surface area (Å²) in [5, 5.41) is 2.44. The van der Waals surface area contributed by atoms with Gasteiger partial charge in [-0.3, -0.25) is 5.32 Å². The van der Waals surface area contributed by atoms with Crippen molar-refractivity contribution in [3.63, 3.8) is 0 Å². The molecule has 0 bridgehead atoms. The molecule has 0 unspecified atom stereocenters. The summed E-state index contributed by atoms with van der Waals surface area (Å²) in [4.78, 5) is 22.7. The number of ether oxygens (including phenoxy) is 2. The van der Waals surface area contributed by atoms with E-state index < -0.39 is 12.1 Å². The maximum Gasteiger partial charge on any atom is 0.411 e. The van der Waals surface area contributed by atoms with Crippen LogP contribution in [0.2, 0.25) is 0 Å². The van der Waals surface area contributed by atoms with Gasteiger partial charge >= 0.3 is 12.1 Å². The molecule has 5 nitrogen and oxygen atoms in total. The van der Waals surface area contributed by atoms with Crippen molar-refractivity contribution in [2.75, 3.05) is 24.9 Å². The molecule has 0 radical (unpaired) electrons. The molecule has 92 valence electrons. The lowest BCUT2D eigenvalue weighted by Gasteiger charge is -2.09. The molecule has 1 amide bonds. The van der Waals surface area contributed by atoms with Crippen molar-refractivity contribution < 1.29 is 19.1 Å². The van der Waals surface area contributed by atoms with E-state index in [1.807, 2.05) is 0 Å². The molecule has 1 N–H and O–H groups in total. The summed E-state index contributed by atoms with van der Waals surface area (Å²) < 4.78 is 9.32. The molecule has 1 aromatic carbocycles. The van der Waals surface area contributed by atoms with E-state index >= 15 is 0 Å². The van der Waals surface area contributed by atoms with E-state index in [4.69, 9.17) is 16.3 Å². The predicted molar refractivity (Wildman–Crippen MR) is 63.5 cm³/mol. The van der Waals surface area contributed by atoms with Crippen molar-refractivity contribution in [2.24, 2.45) is 0 Å². The summed E-state index contributed by atoms with van der Waals surface area (Å²) in [6.45, 7) is 0.105. The second-order valence-corrected chi connectivity index (χ2v) is 3.37. The summed E-state index contributed by atoms with van der Waals surface area (Å²) in [5.41, 5.74) is 0.594. The van der Waals surface area contributed by atoms with E-state index in [0.717, 1.165) is 0 Å². The number of amides is 1. The minimum atomic E-state index is -0.665. The molecular formula is C11H12ClNO4. The fourth-order valence-electron chi connectivity index (χ4n) is 1.16. The van der Waals surface area contributed by atoms with Gasteiger partial charge in [0.2, 0.25) is 0 Å². The monoisotopic (exact) mass is 257 g/mol. The van der Waals surface area contributed by atoms with Crippen molar-refractivity contribution in [3.05, 3.63) is 29.8 Å². The van der Waals surface area contributed by atoms with Gasteiger partial charge in [0.15, 0.2) is 0 Å². The standard InChI is InChI=1S/C11H12ClNO4/c1-16-10(14)8-4-2-3-5-9(8)13-11(15)17-7-6-12/h2-5H,6-7H2,1H3,(H,13,15). The highest BCUT2D eigenvalue weighted by atomic mass is 35.5. The van der Waals surface area contributed by atoms with E-state index in [2.05, 4.69) is 10.1 Å². The molecule has 0 spiro atoms. The zero-order valence-corrected chi connectivity index (χ0v) is 9.99. The maximum absolute atomic E-state index is 11.4. The number of alkyl halides is 1. The Morgan fingerprint density at radius 3 is 2.71 bits per heavy atom. The molecule has 0 atom stereocenters. The van der Waals surface area contributed by atoms with Crippen LogP contribution in [-0.4, -0.2) is 31.7 Å². The Labute approximate surface area is 104 Å². The van der Waals surface area contributed by atoms with Crippen molar-refractivity contribution in [2.45, 2.75) is 0 Å². The van der Waals surface area contributed by atoms with Gasteiger partial charge in [0.1, 0.15) is 6.61 Å². The van der Waals surface area contributed by atoms with Crippen LogP contribution in [0.5, 0.6) is 0 Å². The zero-order chi connectivity index (χ0) is 12.7. The number of hydrogen-bond donors (Lipinski definition) is 1. The molecule has 0 heterocycles. The third kappa shape index (κ3) is 3.96. The lowest BCUT2D eigenvalue weighted by molar-refractivity contribution is 0.0602. The lowest BCUT2D eigenvalue weighted by atomic mass is 10.2. The number of rotatable bonds is 4. The Morgan fingerprint density at radius 1 is 1.35 bits per heavy atom. The SMILES string of the molecule is COC(=O)c1ccccc1NC(=O)OCCCl. The summed E-state index contributed by atoms with van der Waals surface area (Å²) in [7, 11) is 1.27. The van der Waals surface area contributed by atoms with Crippen LogP contribution in [0, 0.1) is 0 Å². The van der Waals surface area contributed by atoms with E-state index in [1.165, 1.54) is 7.11 Å². The summed E-state index contributed by atoms with van der Waals surface area (Å²) in [6, 6.07) is 6.47. The smallest absolute Gasteiger partial charge is 0.411 e. The molecule has 0 saturated carbocycles. The molecule has 1 aromatic rings. The minimum Gasteiger partial charge on any atom is -0.465 e. The second kappa shape index (κ2) is 6.75. The van der Waals surface area contributed by atoms with Crippen molar-refractivity contribution in [1.82, 2.24) is 0 Å². The van der Waals surface area contributed by atoms with Crippen molar-refractivity contribution in [1.29, 1.82) is 0 Å². The van der Waals surface area contributed by atoms with Gasteiger partial charge in [0.05, 0.1) is 24.2 Å². The van der Waals surface area contributed by atoms with Gasteiger partial charge in [-0.15, -0.1) is 11.6 Å². The van der Waals surface area contributed by atoms with Gasteiger partial charge in [-0.05, 0) is 12.1 Å². The number of hydrogen-bond acceptors (Lipinski definition) is 4. The number of benzene rings is 1. The first-order valence-electron chi connectivity index (χ1n) is 4.86. The number of esters is 1. The number of carbonyl (C=O) groups excluding carboxylic acids is 2. The van der Waals surface area contributed by atoms with Crippen LogP contribution in [0.4, 0.5) is 10.5 Å². The van der Waals surface area contributed by atoms with Gasteiger partial charge in [0.25, 0.3) is 0 Å². The number of para-hydroxylation sites is 1. The maximum atomic E-state index is 11.4. The fraction of sp³-hybridized carbons (Fsp3) is 0.273. The van der Waals surface area contributed by atoms with Crippen LogP contribution in [0.15, 0.2) is 24.3 Å². The number of methoxy groups -OCH3 is 1. The third-order valence-electron chi connectivity index (χ3n) is 1.88. The number of carbonyl (C=O) groups is 2. The first-order valence-corrected chi connectivity index (χ1v) is 5.39. The van der Waals surface area contributed by atoms with Gasteiger partial charge in [-0.25, -0.2) is 9.59 Å². The van der Waals surface area contributed by atoms with Crippen LogP contribution in [0.1, 0.15) is 10.4 Å². The van der Waals surface area contributed by atoms with Crippen molar-refractivity contribution >= 4 is 29.4 Å². The normalized spacial score (nSPS) is 9.53. The molecule has 0 fully saturated rings. The largest absolute Gasteiger partial charge is 0.465 e. The summed E-state index contributed by atoms with van der Waals surface area (Å²) >= 11 is 5.37. The Bertz CT molecular complexity index is 408. The van der Waals surface area contributed by atoms with Gasteiger partial charge in [-0.2, -0.15) is 0 Å². The van der Waals surface area contributed by atoms with Crippen LogP contribution in [0.3, 0.4) is 0 Å². The molecular weight excluding hydrogens is 246 g/mol. The molecule has 0 aromatic heterocycles. The van der Waals surface area contributed by atoms with Crippen LogP contribution < -0.4 is 5.32 Å². The number of nitrogens with one attached hydrogen (secondary N) is 1. The Hall–Kier alpha value is -1.75. The van der Waals surface area contributed by atoms with Crippen molar-refractivity contribution in [3.8, 4) is 0 Å². The van der Waals surface area contributed by atoms with E-state index in [-0.39, 0.29) is 18.1 Å². The van der Waals surface area contributed by atoms with Gasteiger partial charge in [-0.1, -0.05) is 12.1 Å². The lowest BCUT2D eigenvalue weighted by Crippen LogP contribution is -2.17. The summed E-state index contributed by atoms with van der Waals surface area (Å²) in [6.07, 6.45) is -0.665. The molecule has 17 heavy (non-hydrogen) atoms. The Balaban J connectivity index is 2.76. The third-order valence-corrected chi connectivity index (χ3v) is 2.03. The number of halogens is 1. The fourth-order valence-corrected chi connectivity index (χ4v) is 1.23. The van der Waals surface area contributed by atoms with Crippen LogP contribution in [-0.2, 0) is 9.47 Å². The molecule has 0 saturated heterocycles. The Kier molecular flexibility index (Phi) is 5.29. The highest BCUT2D eigenvalue weighted by Gasteiger charge is 2.13.